The molecule has 4 heteroatoms. The minimum atomic E-state index is -0.112. The summed E-state index contributed by atoms with van der Waals surface area (Å²) < 4.78 is 0. The molecule has 0 radical (unpaired) electrons. The van der Waals surface area contributed by atoms with Crippen molar-refractivity contribution in [1.29, 1.82) is 0 Å². The number of rotatable bonds is 9. The van der Waals surface area contributed by atoms with Crippen LogP contribution in [0.5, 0.6) is 0 Å². The first-order valence-electron chi connectivity index (χ1n) is 14.4. The van der Waals surface area contributed by atoms with Crippen LogP contribution in [0.4, 0.5) is 5.69 Å². The molecule has 1 heterocycles. The number of aryl methyl sites for hydroxylation is 1. The molecule has 0 spiro atoms. The molecule has 1 saturated heterocycles. The lowest BCUT2D eigenvalue weighted by molar-refractivity contribution is -0.123. The highest BCUT2D eigenvalue weighted by Crippen LogP contribution is 2.35. The van der Waals surface area contributed by atoms with Crippen LogP contribution in [0.1, 0.15) is 52.7 Å². The van der Waals surface area contributed by atoms with E-state index in [0.29, 0.717) is 18.9 Å². The van der Waals surface area contributed by atoms with Gasteiger partial charge in [-0.2, -0.15) is 0 Å². The van der Waals surface area contributed by atoms with E-state index in [2.05, 4.69) is 65.7 Å². The summed E-state index contributed by atoms with van der Waals surface area (Å²) in [5, 5.41) is 3.05. The number of carbonyl (C=O) groups excluding carboxylic acids is 2. The van der Waals surface area contributed by atoms with Gasteiger partial charge in [0, 0.05) is 37.3 Å². The maximum atomic E-state index is 13.4. The van der Waals surface area contributed by atoms with Crippen molar-refractivity contribution in [2.24, 2.45) is 5.92 Å². The molecule has 0 saturated carbocycles. The van der Waals surface area contributed by atoms with Crippen LogP contribution in [0, 0.1) is 12.8 Å². The topological polar surface area (TPSA) is 49.4 Å². The molecule has 4 aromatic carbocycles. The Balaban J connectivity index is 1.24. The van der Waals surface area contributed by atoms with Crippen LogP contribution >= 0.6 is 0 Å². The molecule has 4 aromatic rings. The molecule has 40 heavy (non-hydrogen) atoms. The highest BCUT2D eigenvalue weighted by molar-refractivity contribution is 6.03. The lowest BCUT2D eigenvalue weighted by atomic mass is 9.79. The molecule has 1 aliphatic heterocycles. The molecule has 1 unspecified atom stereocenters. The van der Waals surface area contributed by atoms with Crippen molar-refractivity contribution in [2.45, 2.75) is 39.0 Å². The Bertz CT molecular complexity index is 1440. The molecular formula is C36H38N2O2. The number of nitrogens with one attached hydrogen (secondary N) is 1. The van der Waals surface area contributed by atoms with Crippen LogP contribution in [-0.2, 0) is 11.2 Å². The minimum absolute atomic E-state index is 0.112. The maximum absolute atomic E-state index is 13.4. The Morgan fingerprint density at radius 1 is 0.800 bits per heavy atom. The summed E-state index contributed by atoms with van der Waals surface area (Å²) in [4.78, 5) is 28.8. The van der Waals surface area contributed by atoms with Gasteiger partial charge in [0.25, 0.3) is 0 Å². The van der Waals surface area contributed by atoms with E-state index in [1.54, 1.807) is 0 Å². The Morgan fingerprint density at radius 2 is 1.43 bits per heavy atom. The van der Waals surface area contributed by atoms with E-state index in [9.17, 15) is 9.59 Å². The second-order valence-electron chi connectivity index (χ2n) is 10.7. The molecule has 0 bridgehead atoms. The van der Waals surface area contributed by atoms with E-state index in [4.69, 9.17) is 0 Å². The number of carbonyl (C=O) groups is 2. The molecular weight excluding hydrogens is 492 g/mol. The van der Waals surface area contributed by atoms with Crippen LogP contribution in [0.2, 0.25) is 0 Å². The van der Waals surface area contributed by atoms with Gasteiger partial charge in [-0.25, -0.2) is 0 Å². The average Bonchev–Trinajstić information content (AvgIpc) is 2.99. The van der Waals surface area contributed by atoms with Crippen molar-refractivity contribution in [3.05, 3.63) is 125 Å². The summed E-state index contributed by atoms with van der Waals surface area (Å²) in [6.07, 6.45) is 2.30. The van der Waals surface area contributed by atoms with Crippen molar-refractivity contribution < 1.29 is 9.59 Å². The molecule has 5 rings (SSSR count). The zero-order valence-electron chi connectivity index (χ0n) is 23.5. The van der Waals surface area contributed by atoms with E-state index in [0.717, 1.165) is 59.3 Å². The Morgan fingerprint density at radius 3 is 2.10 bits per heavy atom. The number of anilines is 1. The quantitative estimate of drug-likeness (QED) is 0.232. The van der Waals surface area contributed by atoms with Gasteiger partial charge < -0.3 is 10.2 Å². The SMILES string of the molecule is CCNC(=O)C(c1ccccc1)C1CCN(c2ccc(CC(=O)c3ccccc3-c3ccccc3C)cc2)CC1. The van der Waals surface area contributed by atoms with Crippen molar-refractivity contribution >= 4 is 17.4 Å². The zero-order valence-corrected chi connectivity index (χ0v) is 23.5. The number of amides is 1. The van der Waals surface area contributed by atoms with Gasteiger partial charge in [-0.3, -0.25) is 9.59 Å². The second kappa shape index (κ2) is 12.8. The molecule has 1 aliphatic rings. The number of Topliss-reactive ketones (excluding diaryl/α,β-unsaturated/α-hetero) is 1. The molecule has 1 N–H and O–H groups in total. The molecule has 1 fully saturated rings. The first-order chi connectivity index (χ1) is 19.5. The van der Waals surface area contributed by atoms with Crippen LogP contribution in [0.25, 0.3) is 11.1 Å². The van der Waals surface area contributed by atoms with Gasteiger partial charge in [-0.1, -0.05) is 91.0 Å². The highest BCUT2D eigenvalue weighted by Gasteiger charge is 2.32. The van der Waals surface area contributed by atoms with Gasteiger partial charge in [0.1, 0.15) is 0 Å². The predicted octanol–water partition coefficient (Wildman–Crippen LogP) is 7.22. The summed E-state index contributed by atoms with van der Waals surface area (Å²) >= 11 is 0. The average molecular weight is 531 g/mol. The molecule has 1 atom stereocenters. The lowest BCUT2D eigenvalue weighted by Gasteiger charge is -2.37. The van der Waals surface area contributed by atoms with Gasteiger partial charge in [0.15, 0.2) is 5.78 Å². The smallest absolute Gasteiger partial charge is 0.227 e. The van der Waals surface area contributed by atoms with E-state index >= 15 is 0 Å². The first-order valence-corrected chi connectivity index (χ1v) is 14.4. The molecule has 0 aliphatic carbocycles. The summed E-state index contributed by atoms with van der Waals surface area (Å²) in [6, 6.07) is 34.7. The fourth-order valence-electron chi connectivity index (χ4n) is 6.01. The predicted molar refractivity (Wildman–Crippen MR) is 164 cm³/mol. The Labute approximate surface area is 238 Å². The number of benzene rings is 4. The Kier molecular flexibility index (Phi) is 8.75. The number of hydrogen-bond acceptors (Lipinski definition) is 3. The Hall–Kier alpha value is -4.18. The molecule has 1 amide bonds. The standard InChI is InChI=1S/C36H38N2O2/c1-3-37-36(40)35(28-12-5-4-6-13-28)29-21-23-38(24-22-29)30-19-17-27(18-20-30)25-34(39)33-16-10-9-15-32(33)31-14-8-7-11-26(31)2/h4-20,29,35H,3,21-25H2,1-2H3,(H,37,40). The number of piperidine rings is 1. The first kappa shape index (κ1) is 27.4. The van der Waals surface area contributed by atoms with Gasteiger partial charge in [-0.15, -0.1) is 0 Å². The molecule has 0 aromatic heterocycles. The maximum Gasteiger partial charge on any atom is 0.227 e. The second-order valence-corrected chi connectivity index (χ2v) is 10.7. The summed E-state index contributed by atoms with van der Waals surface area (Å²) in [7, 11) is 0. The lowest BCUT2D eigenvalue weighted by Crippen LogP contribution is -2.40. The van der Waals surface area contributed by atoms with Crippen molar-refractivity contribution in [2.75, 3.05) is 24.5 Å². The number of likely N-dealkylation sites (N-methyl/N-ethyl adjacent to an activating group) is 1. The molecule has 4 nitrogen and oxygen atoms in total. The third-order valence-electron chi connectivity index (χ3n) is 8.13. The largest absolute Gasteiger partial charge is 0.372 e. The van der Waals surface area contributed by atoms with E-state index in [1.807, 2.05) is 61.5 Å². The van der Waals surface area contributed by atoms with Crippen molar-refractivity contribution in [3.63, 3.8) is 0 Å². The van der Waals surface area contributed by atoms with Crippen molar-refractivity contribution in [1.82, 2.24) is 5.32 Å². The monoisotopic (exact) mass is 530 g/mol. The summed E-state index contributed by atoms with van der Waals surface area (Å²) in [5.41, 5.74) is 7.32. The van der Waals surface area contributed by atoms with Gasteiger partial charge in [0.2, 0.25) is 5.91 Å². The normalized spacial score (nSPS) is 14.5. The van der Waals surface area contributed by atoms with Gasteiger partial charge in [-0.05, 0) is 72.6 Å². The highest BCUT2D eigenvalue weighted by atomic mass is 16.2. The summed E-state index contributed by atoms with van der Waals surface area (Å²) in [6.45, 7) is 6.53. The van der Waals surface area contributed by atoms with Gasteiger partial charge >= 0.3 is 0 Å². The van der Waals surface area contributed by atoms with Crippen LogP contribution in [0.3, 0.4) is 0 Å². The van der Waals surface area contributed by atoms with Crippen LogP contribution < -0.4 is 10.2 Å². The van der Waals surface area contributed by atoms with Crippen LogP contribution in [0.15, 0.2) is 103 Å². The van der Waals surface area contributed by atoms with E-state index in [1.165, 1.54) is 5.69 Å². The van der Waals surface area contributed by atoms with Crippen LogP contribution in [-0.4, -0.2) is 31.3 Å². The van der Waals surface area contributed by atoms with Gasteiger partial charge in [0.05, 0.1) is 5.92 Å². The number of nitrogens with zero attached hydrogens (tertiary/aromatic N) is 1. The fraction of sp³-hybridized carbons (Fsp3) is 0.278. The third-order valence-corrected chi connectivity index (χ3v) is 8.13. The minimum Gasteiger partial charge on any atom is -0.372 e. The zero-order chi connectivity index (χ0) is 27.9. The van der Waals surface area contributed by atoms with E-state index in [-0.39, 0.29) is 17.6 Å². The third kappa shape index (κ3) is 6.17. The summed E-state index contributed by atoms with van der Waals surface area (Å²) in [5.74, 6) is 0.463. The van der Waals surface area contributed by atoms with E-state index < -0.39 is 0 Å². The van der Waals surface area contributed by atoms with Crippen molar-refractivity contribution in [3.8, 4) is 11.1 Å². The fourth-order valence-corrected chi connectivity index (χ4v) is 6.01. The number of hydrogen-bond donors (Lipinski definition) is 1. The number of ketones is 1. The molecule has 204 valence electrons.